The zero-order valence-corrected chi connectivity index (χ0v) is 26.9. The van der Waals surface area contributed by atoms with E-state index in [2.05, 4.69) is 0 Å². The lowest BCUT2D eigenvalue weighted by atomic mass is 9.94. The highest BCUT2D eigenvalue weighted by Gasteiger charge is 2.56. The summed E-state index contributed by atoms with van der Waals surface area (Å²) in [6, 6.07) is 0. The first kappa shape index (κ1) is 38.3. The highest BCUT2D eigenvalue weighted by molar-refractivity contribution is 5.69. The fourth-order valence-corrected chi connectivity index (χ4v) is 5.01. The largest absolute Gasteiger partial charge is 0.460 e. The van der Waals surface area contributed by atoms with Gasteiger partial charge in [0, 0.05) is 55.6 Å². The summed E-state index contributed by atoms with van der Waals surface area (Å²) in [6.45, 7) is 8.42. The summed E-state index contributed by atoms with van der Waals surface area (Å²) in [5, 5.41) is 0. The van der Waals surface area contributed by atoms with E-state index < -0.39 is 116 Å². The molecule has 46 heavy (non-hydrogen) atoms. The van der Waals surface area contributed by atoms with Crippen LogP contribution in [0.4, 0.5) is 0 Å². The maximum atomic E-state index is 12.2. The maximum Gasteiger partial charge on any atom is 0.303 e. The molecule has 0 N–H and O–H groups in total. The predicted molar refractivity (Wildman–Crippen MR) is 145 cm³/mol. The van der Waals surface area contributed by atoms with Gasteiger partial charge in [0.2, 0.25) is 0 Å². The molecule has 0 unspecified atom stereocenters. The minimum Gasteiger partial charge on any atom is -0.460 e. The molecule has 0 spiro atoms. The second-order valence-corrected chi connectivity index (χ2v) is 10.3. The van der Waals surface area contributed by atoms with Crippen molar-refractivity contribution in [3.8, 4) is 0 Å². The van der Waals surface area contributed by atoms with Crippen molar-refractivity contribution in [3.05, 3.63) is 0 Å². The topological polar surface area (TPSA) is 221 Å². The lowest BCUT2D eigenvalue weighted by molar-refractivity contribution is -0.336. The van der Waals surface area contributed by atoms with Gasteiger partial charge in [0.1, 0.15) is 18.3 Å². The number of hydrogen-bond acceptors (Lipinski definition) is 18. The fourth-order valence-electron chi connectivity index (χ4n) is 5.01. The highest BCUT2D eigenvalue weighted by Crippen LogP contribution is 2.34. The molecule has 18 nitrogen and oxygen atoms in total. The summed E-state index contributed by atoms with van der Waals surface area (Å²) < 4.78 is 60.7. The van der Waals surface area contributed by atoms with E-state index in [-0.39, 0.29) is 0 Å². The Labute approximate surface area is 264 Å². The molecule has 2 saturated heterocycles. The Hall–Kier alpha value is -3.87. The van der Waals surface area contributed by atoms with Gasteiger partial charge in [-0.05, 0) is 6.92 Å². The van der Waals surface area contributed by atoms with Gasteiger partial charge in [-0.3, -0.25) is 33.6 Å². The van der Waals surface area contributed by atoms with Crippen LogP contribution in [0.25, 0.3) is 0 Å². The minimum atomic E-state index is -1.62. The van der Waals surface area contributed by atoms with E-state index in [4.69, 9.17) is 52.1 Å². The number of rotatable bonds is 12. The Morgan fingerprint density at radius 3 is 1.35 bits per heavy atom. The molecule has 0 saturated carbocycles. The molecule has 0 aromatic carbocycles. The van der Waals surface area contributed by atoms with Crippen molar-refractivity contribution in [1.29, 1.82) is 0 Å². The molecule has 260 valence electrons. The Kier molecular flexibility index (Phi) is 14.3. The molecule has 2 fully saturated rings. The summed E-state index contributed by atoms with van der Waals surface area (Å²) in [5.41, 5.74) is 0. The van der Waals surface area contributed by atoms with Gasteiger partial charge in [0.05, 0.1) is 6.61 Å². The van der Waals surface area contributed by atoms with Gasteiger partial charge >= 0.3 is 41.8 Å². The number of hydrogen-bond donors (Lipinski definition) is 0. The Balaban J connectivity index is 2.56. The van der Waals surface area contributed by atoms with Crippen LogP contribution in [0, 0.1) is 0 Å². The molecule has 2 rings (SSSR count). The van der Waals surface area contributed by atoms with Crippen LogP contribution < -0.4 is 0 Å². The normalized spacial score (nSPS) is 31.3. The van der Waals surface area contributed by atoms with Crippen molar-refractivity contribution < 1.29 is 85.7 Å². The number of carbonyl (C=O) groups is 7. The van der Waals surface area contributed by atoms with E-state index in [9.17, 15) is 33.6 Å². The summed E-state index contributed by atoms with van der Waals surface area (Å²) in [6.07, 6.45) is -15.6. The molecule has 2 aliphatic rings. The van der Waals surface area contributed by atoms with Crippen LogP contribution in [0.1, 0.15) is 55.4 Å². The minimum absolute atomic E-state index is 0.565. The van der Waals surface area contributed by atoms with Gasteiger partial charge in [0.25, 0.3) is 0 Å². The standard InChI is InChI=1S/C28H40O18/c1-11(38-12(2)29)20-22(40-14(4)31)24(42-16(6)33)26(44-18(8)35)28(46-20)37-10-19-21(39-13(3)30)23(41-15(5)32)25(43-17(7)34)27(36-9)45-19/h11,19-28H,10H2,1-9H3/t11-,19-,20-,21+,22+,23+,24+,25-,26-,27+,28-/m1/s1. The summed E-state index contributed by atoms with van der Waals surface area (Å²) in [7, 11) is 1.22. The molecule has 0 aromatic heterocycles. The average Bonchev–Trinajstić information content (AvgIpc) is 2.90. The van der Waals surface area contributed by atoms with Crippen LogP contribution in [-0.2, 0) is 85.7 Å². The molecular formula is C28H40O18. The molecular weight excluding hydrogens is 624 g/mol. The van der Waals surface area contributed by atoms with Gasteiger partial charge in [-0.15, -0.1) is 0 Å². The van der Waals surface area contributed by atoms with Crippen LogP contribution in [-0.4, -0.2) is 123 Å². The van der Waals surface area contributed by atoms with Crippen LogP contribution in [0.2, 0.25) is 0 Å². The third kappa shape index (κ3) is 10.9. The molecule has 0 aromatic rings. The van der Waals surface area contributed by atoms with Crippen molar-refractivity contribution in [3.63, 3.8) is 0 Å². The van der Waals surface area contributed by atoms with Crippen molar-refractivity contribution in [2.45, 2.75) is 123 Å². The van der Waals surface area contributed by atoms with E-state index in [1.807, 2.05) is 0 Å². The zero-order chi connectivity index (χ0) is 34.9. The van der Waals surface area contributed by atoms with E-state index >= 15 is 0 Å². The monoisotopic (exact) mass is 664 g/mol. The first-order valence-electron chi connectivity index (χ1n) is 14.1. The van der Waals surface area contributed by atoms with Gasteiger partial charge in [-0.2, -0.15) is 0 Å². The first-order valence-corrected chi connectivity index (χ1v) is 14.1. The fraction of sp³-hybridized carbons (Fsp3) is 0.750. The Morgan fingerprint density at radius 2 is 0.913 bits per heavy atom. The highest BCUT2D eigenvalue weighted by atomic mass is 16.8. The molecule has 2 heterocycles. The number of carbonyl (C=O) groups excluding carboxylic acids is 7. The van der Waals surface area contributed by atoms with Crippen molar-refractivity contribution in [1.82, 2.24) is 0 Å². The lowest BCUT2D eigenvalue weighted by Gasteiger charge is -2.47. The van der Waals surface area contributed by atoms with E-state index in [1.165, 1.54) is 14.0 Å². The van der Waals surface area contributed by atoms with Crippen LogP contribution >= 0.6 is 0 Å². The van der Waals surface area contributed by atoms with E-state index in [0.717, 1.165) is 48.5 Å². The van der Waals surface area contributed by atoms with E-state index in [1.54, 1.807) is 0 Å². The number of esters is 7. The van der Waals surface area contributed by atoms with Gasteiger partial charge in [-0.25, -0.2) is 0 Å². The van der Waals surface area contributed by atoms with Crippen LogP contribution in [0.3, 0.4) is 0 Å². The second kappa shape index (κ2) is 17.2. The molecule has 0 amide bonds. The molecule has 18 heteroatoms. The Morgan fingerprint density at radius 1 is 0.522 bits per heavy atom. The van der Waals surface area contributed by atoms with Crippen molar-refractivity contribution in [2.75, 3.05) is 13.7 Å². The van der Waals surface area contributed by atoms with Crippen molar-refractivity contribution >= 4 is 41.8 Å². The maximum absolute atomic E-state index is 12.2. The number of methoxy groups -OCH3 is 1. The summed E-state index contributed by atoms with van der Waals surface area (Å²) in [4.78, 5) is 84.2. The van der Waals surface area contributed by atoms with E-state index in [0.29, 0.717) is 0 Å². The van der Waals surface area contributed by atoms with Crippen LogP contribution in [0.15, 0.2) is 0 Å². The molecule has 2 aliphatic heterocycles. The molecule has 11 atom stereocenters. The molecule has 0 bridgehead atoms. The van der Waals surface area contributed by atoms with Gasteiger partial charge < -0.3 is 52.1 Å². The SMILES string of the molecule is CO[C@H]1O[C@H](CO[C@@H]2O[C@H]([C@@H](C)OC(C)=O)[C@H](OC(C)=O)[C@H](OC(C)=O)[C@H]2OC(C)=O)[C@H](OC(C)=O)[C@H](OC(C)=O)[C@H]1OC(C)=O. The number of ether oxygens (including phenoxy) is 11. The smallest absolute Gasteiger partial charge is 0.303 e. The third-order valence-corrected chi connectivity index (χ3v) is 6.41. The molecule has 0 radical (unpaired) electrons. The third-order valence-electron chi connectivity index (χ3n) is 6.41. The van der Waals surface area contributed by atoms with Gasteiger partial charge in [0.15, 0.2) is 49.2 Å². The Bertz CT molecular complexity index is 1140. The van der Waals surface area contributed by atoms with Crippen LogP contribution in [0.5, 0.6) is 0 Å². The summed E-state index contributed by atoms with van der Waals surface area (Å²) >= 11 is 0. The zero-order valence-electron chi connectivity index (χ0n) is 26.9. The first-order chi connectivity index (χ1) is 21.4. The molecule has 0 aliphatic carbocycles. The lowest BCUT2D eigenvalue weighted by Crippen LogP contribution is -2.65. The average molecular weight is 665 g/mol. The second-order valence-electron chi connectivity index (χ2n) is 10.3. The summed E-state index contributed by atoms with van der Waals surface area (Å²) in [5.74, 6) is -5.68. The van der Waals surface area contributed by atoms with Crippen molar-refractivity contribution in [2.24, 2.45) is 0 Å². The quantitative estimate of drug-likeness (QED) is 0.192. The van der Waals surface area contributed by atoms with Gasteiger partial charge in [-0.1, -0.05) is 0 Å². The predicted octanol–water partition coefficient (Wildman–Crippen LogP) is -0.359.